The molecule has 0 aromatic heterocycles. The van der Waals surface area contributed by atoms with Crippen LogP contribution in [0, 0.1) is 11.7 Å². The van der Waals surface area contributed by atoms with Crippen molar-refractivity contribution < 1.29 is 27.5 Å². The Labute approximate surface area is 119 Å². The lowest BCUT2D eigenvalue weighted by atomic mass is 9.96. The summed E-state index contributed by atoms with van der Waals surface area (Å²) in [6.45, 7) is 1.28. The number of aliphatic carboxylic acids is 1. The van der Waals surface area contributed by atoms with Gasteiger partial charge in [0.2, 0.25) is 0 Å². The molecule has 0 amide bonds. The van der Waals surface area contributed by atoms with Crippen molar-refractivity contribution in [2.24, 2.45) is 5.92 Å². The van der Waals surface area contributed by atoms with Crippen molar-refractivity contribution >= 4 is 5.97 Å². The van der Waals surface area contributed by atoms with E-state index in [1.165, 1.54) is 6.07 Å². The van der Waals surface area contributed by atoms with Crippen molar-refractivity contribution in [3.63, 3.8) is 0 Å². The van der Waals surface area contributed by atoms with Gasteiger partial charge in [0.25, 0.3) is 0 Å². The minimum atomic E-state index is -4.71. The molecule has 116 valence electrons. The highest BCUT2D eigenvalue weighted by molar-refractivity contribution is 5.70. The Morgan fingerprint density at radius 2 is 1.90 bits per heavy atom. The third-order valence-electron chi connectivity index (χ3n) is 3.68. The second-order valence-electron chi connectivity index (χ2n) is 5.20. The van der Waals surface area contributed by atoms with Crippen molar-refractivity contribution in [2.75, 3.05) is 13.1 Å². The average Bonchev–Trinajstić information content (AvgIpc) is 2.40. The molecule has 0 atom stereocenters. The smallest absolute Gasteiger partial charge is 0.419 e. The Bertz CT molecular complexity index is 522. The maximum absolute atomic E-state index is 13.2. The van der Waals surface area contributed by atoms with Gasteiger partial charge in [0.05, 0.1) is 11.5 Å². The summed E-state index contributed by atoms with van der Waals surface area (Å²) in [5, 5.41) is 8.89. The van der Waals surface area contributed by atoms with Crippen molar-refractivity contribution in [1.29, 1.82) is 0 Å². The number of rotatable bonds is 3. The van der Waals surface area contributed by atoms with Crippen LogP contribution in [0.5, 0.6) is 0 Å². The van der Waals surface area contributed by atoms with E-state index in [4.69, 9.17) is 5.11 Å². The number of hydrogen-bond acceptors (Lipinski definition) is 2. The van der Waals surface area contributed by atoms with Crippen LogP contribution in [-0.4, -0.2) is 29.1 Å². The third kappa shape index (κ3) is 3.93. The molecular formula is C14H15F4NO2. The summed E-state index contributed by atoms with van der Waals surface area (Å²) in [5.41, 5.74) is -0.891. The number of carboxylic acid groups (broad SMARTS) is 1. The number of halogens is 4. The van der Waals surface area contributed by atoms with Crippen LogP contribution in [0.15, 0.2) is 18.2 Å². The van der Waals surface area contributed by atoms with Gasteiger partial charge in [-0.25, -0.2) is 4.39 Å². The molecular weight excluding hydrogens is 290 g/mol. The summed E-state index contributed by atoms with van der Waals surface area (Å²) in [7, 11) is 0. The molecule has 2 rings (SSSR count). The van der Waals surface area contributed by atoms with E-state index in [1.807, 2.05) is 4.90 Å². The highest BCUT2D eigenvalue weighted by atomic mass is 19.4. The van der Waals surface area contributed by atoms with Crippen LogP contribution in [0.25, 0.3) is 0 Å². The molecule has 0 spiro atoms. The van der Waals surface area contributed by atoms with Crippen molar-refractivity contribution in [3.8, 4) is 0 Å². The lowest BCUT2D eigenvalue weighted by molar-refractivity contribution is -0.143. The minimum absolute atomic E-state index is 0.260. The highest BCUT2D eigenvalue weighted by Crippen LogP contribution is 2.32. The monoisotopic (exact) mass is 305 g/mol. The number of benzene rings is 1. The Kier molecular flexibility index (Phi) is 4.51. The molecule has 0 aliphatic carbocycles. The lowest BCUT2D eigenvalue weighted by Gasteiger charge is -2.30. The van der Waals surface area contributed by atoms with Crippen LogP contribution in [0.3, 0.4) is 0 Å². The first-order valence-corrected chi connectivity index (χ1v) is 6.58. The normalized spacial score (nSPS) is 17.9. The van der Waals surface area contributed by atoms with E-state index in [0.717, 1.165) is 12.1 Å². The quantitative estimate of drug-likeness (QED) is 0.872. The lowest BCUT2D eigenvalue weighted by Crippen LogP contribution is -2.35. The van der Waals surface area contributed by atoms with Crippen LogP contribution in [0.4, 0.5) is 17.6 Å². The number of carbonyl (C=O) groups is 1. The largest absolute Gasteiger partial charge is 0.481 e. The predicted molar refractivity (Wildman–Crippen MR) is 67.0 cm³/mol. The van der Waals surface area contributed by atoms with Crippen molar-refractivity contribution in [1.82, 2.24) is 4.90 Å². The first-order chi connectivity index (χ1) is 9.77. The molecule has 0 unspecified atom stereocenters. The van der Waals surface area contributed by atoms with Crippen molar-refractivity contribution in [3.05, 3.63) is 35.1 Å². The topological polar surface area (TPSA) is 40.5 Å². The SMILES string of the molecule is O=C(O)C1CCN(Cc2ccc(F)c(C(F)(F)F)c2)CC1. The van der Waals surface area contributed by atoms with Crippen LogP contribution in [0.1, 0.15) is 24.0 Å². The van der Waals surface area contributed by atoms with Gasteiger partial charge in [-0.2, -0.15) is 13.2 Å². The Morgan fingerprint density at radius 1 is 1.29 bits per heavy atom. The second-order valence-corrected chi connectivity index (χ2v) is 5.20. The number of alkyl halides is 3. The molecule has 3 nitrogen and oxygen atoms in total. The van der Waals surface area contributed by atoms with Gasteiger partial charge < -0.3 is 5.11 Å². The van der Waals surface area contributed by atoms with E-state index >= 15 is 0 Å². The molecule has 0 bridgehead atoms. The van der Waals surface area contributed by atoms with Gasteiger partial charge in [-0.15, -0.1) is 0 Å². The van der Waals surface area contributed by atoms with Crippen LogP contribution >= 0.6 is 0 Å². The molecule has 0 radical (unpaired) electrons. The molecule has 1 aromatic rings. The number of hydrogen-bond donors (Lipinski definition) is 1. The number of nitrogens with zero attached hydrogens (tertiary/aromatic N) is 1. The standard InChI is InChI=1S/C14H15F4NO2/c15-12-2-1-9(7-11(12)14(16,17)18)8-19-5-3-10(4-6-19)13(20)21/h1-2,7,10H,3-6,8H2,(H,20,21). The molecule has 1 saturated heterocycles. The number of carboxylic acids is 1. The Hall–Kier alpha value is -1.63. The molecule has 0 saturated carbocycles. The molecule has 7 heteroatoms. The summed E-state index contributed by atoms with van der Waals surface area (Å²) in [6, 6.07) is 2.97. The predicted octanol–water partition coefficient (Wildman–Crippen LogP) is 3.14. The van der Waals surface area contributed by atoms with Gasteiger partial charge in [0, 0.05) is 6.54 Å². The molecule has 1 aromatic carbocycles. The summed E-state index contributed by atoms with van der Waals surface area (Å²) >= 11 is 0. The molecule has 1 fully saturated rings. The zero-order chi connectivity index (χ0) is 15.6. The third-order valence-corrected chi connectivity index (χ3v) is 3.68. The van der Waals surface area contributed by atoms with E-state index in [0.29, 0.717) is 31.5 Å². The van der Waals surface area contributed by atoms with E-state index in [2.05, 4.69) is 0 Å². The Balaban J connectivity index is 2.03. The fourth-order valence-electron chi connectivity index (χ4n) is 2.48. The maximum Gasteiger partial charge on any atom is 0.419 e. The fraction of sp³-hybridized carbons (Fsp3) is 0.500. The summed E-state index contributed by atoms with van der Waals surface area (Å²) in [6.07, 6.45) is -3.76. The Morgan fingerprint density at radius 3 is 2.43 bits per heavy atom. The van der Waals surface area contributed by atoms with Crippen LogP contribution < -0.4 is 0 Å². The average molecular weight is 305 g/mol. The summed E-state index contributed by atoms with van der Waals surface area (Å²) in [5.74, 6) is -2.51. The van der Waals surface area contributed by atoms with Crippen LogP contribution in [0.2, 0.25) is 0 Å². The minimum Gasteiger partial charge on any atom is -0.481 e. The maximum atomic E-state index is 13.2. The van der Waals surface area contributed by atoms with E-state index in [9.17, 15) is 22.4 Å². The summed E-state index contributed by atoms with van der Waals surface area (Å²) in [4.78, 5) is 12.7. The highest BCUT2D eigenvalue weighted by Gasteiger charge is 2.34. The van der Waals surface area contributed by atoms with Gasteiger partial charge in [0.15, 0.2) is 0 Å². The summed E-state index contributed by atoms with van der Waals surface area (Å²) < 4.78 is 51.1. The zero-order valence-corrected chi connectivity index (χ0v) is 11.2. The first-order valence-electron chi connectivity index (χ1n) is 6.58. The number of likely N-dealkylation sites (tertiary alicyclic amines) is 1. The van der Waals surface area contributed by atoms with Gasteiger partial charge in [-0.3, -0.25) is 9.69 Å². The van der Waals surface area contributed by atoms with Gasteiger partial charge >= 0.3 is 12.1 Å². The zero-order valence-electron chi connectivity index (χ0n) is 11.2. The van der Waals surface area contributed by atoms with E-state index in [1.54, 1.807) is 0 Å². The number of piperidine rings is 1. The van der Waals surface area contributed by atoms with Gasteiger partial charge in [0.1, 0.15) is 5.82 Å². The molecule has 1 aliphatic heterocycles. The molecule has 1 N–H and O–H groups in total. The van der Waals surface area contributed by atoms with E-state index < -0.39 is 23.5 Å². The van der Waals surface area contributed by atoms with Gasteiger partial charge in [-0.05, 0) is 43.6 Å². The fourth-order valence-corrected chi connectivity index (χ4v) is 2.48. The molecule has 1 aliphatic rings. The van der Waals surface area contributed by atoms with Gasteiger partial charge in [-0.1, -0.05) is 6.07 Å². The molecule has 21 heavy (non-hydrogen) atoms. The second kappa shape index (κ2) is 6.01. The van der Waals surface area contributed by atoms with Crippen LogP contribution in [-0.2, 0) is 17.5 Å². The van der Waals surface area contributed by atoms with Crippen molar-refractivity contribution in [2.45, 2.75) is 25.6 Å². The molecule has 1 heterocycles. The first kappa shape index (κ1) is 15.8. The van der Waals surface area contributed by atoms with E-state index in [-0.39, 0.29) is 12.5 Å².